The first-order valence-electron chi connectivity index (χ1n) is 3.74. The van der Waals surface area contributed by atoms with Gasteiger partial charge < -0.3 is 5.32 Å². The maximum absolute atomic E-state index is 11.5. The van der Waals surface area contributed by atoms with Crippen LogP contribution >= 0.6 is 22.6 Å². The summed E-state index contributed by atoms with van der Waals surface area (Å²) < 4.78 is 12.7. The van der Waals surface area contributed by atoms with Crippen molar-refractivity contribution < 1.29 is 4.39 Å². The Hall–Kier alpha value is 0.620. The van der Waals surface area contributed by atoms with E-state index in [0.717, 1.165) is 19.5 Å². The highest BCUT2D eigenvalue weighted by Gasteiger charge is 1.86. The van der Waals surface area contributed by atoms with Crippen LogP contribution in [0.15, 0.2) is 0 Å². The maximum Gasteiger partial charge on any atom is 0.0894 e. The van der Waals surface area contributed by atoms with Crippen molar-refractivity contribution in [1.82, 2.24) is 5.32 Å². The molecule has 0 amide bonds. The van der Waals surface area contributed by atoms with Crippen LogP contribution in [0.4, 0.5) is 4.39 Å². The predicted octanol–water partition coefficient (Wildman–Crippen LogP) is 2.15. The number of halogens is 2. The highest BCUT2D eigenvalue weighted by Crippen LogP contribution is 1.88. The first-order valence-corrected chi connectivity index (χ1v) is 5.27. The first-order chi connectivity index (χ1) is 4.91. The molecule has 62 valence electrons. The molecule has 1 nitrogen and oxygen atoms in total. The lowest BCUT2D eigenvalue weighted by molar-refractivity contribution is 0.455. The van der Waals surface area contributed by atoms with Gasteiger partial charge in [-0.1, -0.05) is 22.6 Å². The Kier molecular flexibility index (Phi) is 10.2. The van der Waals surface area contributed by atoms with E-state index in [1.165, 1.54) is 10.8 Å². The molecule has 0 unspecified atom stereocenters. The first kappa shape index (κ1) is 10.6. The third kappa shape index (κ3) is 8.62. The van der Waals surface area contributed by atoms with E-state index in [0.29, 0.717) is 6.42 Å². The molecule has 0 saturated heterocycles. The smallest absolute Gasteiger partial charge is 0.0894 e. The van der Waals surface area contributed by atoms with Gasteiger partial charge in [-0.15, -0.1) is 0 Å². The molecule has 0 rings (SSSR count). The molecule has 0 radical (unpaired) electrons. The van der Waals surface area contributed by atoms with Gasteiger partial charge in [0.05, 0.1) is 6.67 Å². The number of unbranched alkanes of at least 4 members (excludes halogenated alkanes) is 1. The van der Waals surface area contributed by atoms with Gasteiger partial charge in [-0.2, -0.15) is 0 Å². The Morgan fingerprint density at radius 3 is 2.40 bits per heavy atom. The molecule has 0 saturated carbocycles. The number of alkyl halides is 2. The highest BCUT2D eigenvalue weighted by atomic mass is 127. The van der Waals surface area contributed by atoms with Crippen molar-refractivity contribution in [2.75, 3.05) is 24.2 Å². The minimum atomic E-state index is -0.173. The number of hydrogen-bond donors (Lipinski definition) is 1. The van der Waals surface area contributed by atoms with Crippen molar-refractivity contribution in [1.29, 1.82) is 0 Å². The van der Waals surface area contributed by atoms with Crippen molar-refractivity contribution in [3.63, 3.8) is 0 Å². The summed E-state index contributed by atoms with van der Waals surface area (Å²) in [4.78, 5) is 0. The summed E-state index contributed by atoms with van der Waals surface area (Å²) in [5, 5.41) is 3.25. The largest absolute Gasteiger partial charge is 0.317 e. The standard InChI is InChI=1S/C7H15FIN/c8-4-1-2-6-10-7-3-5-9/h10H,1-7H2. The van der Waals surface area contributed by atoms with E-state index in [4.69, 9.17) is 0 Å². The van der Waals surface area contributed by atoms with Gasteiger partial charge in [0.25, 0.3) is 0 Å². The Morgan fingerprint density at radius 2 is 1.80 bits per heavy atom. The Balaban J connectivity index is 2.65. The number of rotatable bonds is 7. The van der Waals surface area contributed by atoms with E-state index in [1.54, 1.807) is 0 Å². The summed E-state index contributed by atoms with van der Waals surface area (Å²) >= 11 is 2.36. The van der Waals surface area contributed by atoms with E-state index in [9.17, 15) is 4.39 Å². The molecule has 3 heteroatoms. The van der Waals surface area contributed by atoms with Crippen LogP contribution in [-0.4, -0.2) is 24.2 Å². The monoisotopic (exact) mass is 259 g/mol. The van der Waals surface area contributed by atoms with E-state index in [1.807, 2.05) is 0 Å². The van der Waals surface area contributed by atoms with Gasteiger partial charge in [0, 0.05) is 4.43 Å². The lowest BCUT2D eigenvalue weighted by atomic mass is 10.3. The second-order valence-electron chi connectivity index (χ2n) is 2.19. The third-order valence-corrected chi connectivity index (χ3v) is 1.99. The minimum Gasteiger partial charge on any atom is -0.317 e. The van der Waals surface area contributed by atoms with Crippen LogP contribution < -0.4 is 5.32 Å². The number of hydrogen-bond acceptors (Lipinski definition) is 1. The Morgan fingerprint density at radius 1 is 1.10 bits per heavy atom. The van der Waals surface area contributed by atoms with Crippen LogP contribution in [0.2, 0.25) is 0 Å². The lowest BCUT2D eigenvalue weighted by Crippen LogP contribution is -2.16. The molecule has 0 aliphatic carbocycles. The fourth-order valence-electron chi connectivity index (χ4n) is 0.661. The minimum absolute atomic E-state index is 0.173. The van der Waals surface area contributed by atoms with Crippen LogP contribution in [0.1, 0.15) is 19.3 Å². The lowest BCUT2D eigenvalue weighted by Gasteiger charge is -2.00. The van der Waals surface area contributed by atoms with Gasteiger partial charge >= 0.3 is 0 Å². The van der Waals surface area contributed by atoms with Crippen molar-refractivity contribution in [2.24, 2.45) is 0 Å². The molecular weight excluding hydrogens is 244 g/mol. The molecule has 0 aliphatic rings. The summed E-state index contributed by atoms with van der Waals surface area (Å²) in [6.07, 6.45) is 2.89. The zero-order valence-corrected chi connectivity index (χ0v) is 8.36. The van der Waals surface area contributed by atoms with E-state index < -0.39 is 0 Å². The summed E-state index contributed by atoms with van der Waals surface area (Å²) in [6, 6.07) is 0. The van der Waals surface area contributed by atoms with E-state index in [2.05, 4.69) is 27.9 Å². The molecule has 0 spiro atoms. The second kappa shape index (κ2) is 9.62. The normalized spacial score (nSPS) is 10.2. The predicted molar refractivity (Wildman–Crippen MR) is 51.6 cm³/mol. The maximum atomic E-state index is 11.5. The molecule has 0 aromatic rings. The Labute approximate surface area is 75.9 Å². The van der Waals surface area contributed by atoms with E-state index >= 15 is 0 Å². The summed E-state index contributed by atoms with van der Waals surface area (Å²) in [5.74, 6) is 0. The molecule has 1 N–H and O–H groups in total. The van der Waals surface area contributed by atoms with Crippen molar-refractivity contribution >= 4 is 22.6 Å². The van der Waals surface area contributed by atoms with Gasteiger partial charge in [0.2, 0.25) is 0 Å². The van der Waals surface area contributed by atoms with Crippen molar-refractivity contribution in [3.05, 3.63) is 0 Å². The molecule has 0 aromatic heterocycles. The average Bonchev–Trinajstić information content (AvgIpc) is 1.97. The molecule has 0 aromatic carbocycles. The van der Waals surface area contributed by atoms with Crippen molar-refractivity contribution in [2.45, 2.75) is 19.3 Å². The van der Waals surface area contributed by atoms with Gasteiger partial charge in [0.1, 0.15) is 0 Å². The van der Waals surface area contributed by atoms with Gasteiger partial charge in [-0.3, -0.25) is 4.39 Å². The van der Waals surface area contributed by atoms with Crippen LogP contribution in [0.5, 0.6) is 0 Å². The van der Waals surface area contributed by atoms with Crippen molar-refractivity contribution in [3.8, 4) is 0 Å². The fourth-order valence-corrected chi connectivity index (χ4v) is 1.04. The van der Waals surface area contributed by atoms with Crippen LogP contribution in [0.25, 0.3) is 0 Å². The fraction of sp³-hybridized carbons (Fsp3) is 1.00. The zero-order chi connectivity index (χ0) is 7.66. The van der Waals surface area contributed by atoms with E-state index in [-0.39, 0.29) is 6.67 Å². The van der Waals surface area contributed by atoms with Crippen LogP contribution in [0, 0.1) is 0 Å². The zero-order valence-electron chi connectivity index (χ0n) is 6.21. The quantitative estimate of drug-likeness (QED) is 0.419. The molecule has 10 heavy (non-hydrogen) atoms. The SMILES string of the molecule is FCCCCNCCCI. The van der Waals surface area contributed by atoms with Gasteiger partial charge in [-0.05, 0) is 32.4 Å². The molecule has 0 bridgehead atoms. The topological polar surface area (TPSA) is 12.0 Å². The molecule has 0 atom stereocenters. The molecular formula is C7H15FIN. The van der Waals surface area contributed by atoms with Crippen LogP contribution in [-0.2, 0) is 0 Å². The highest BCUT2D eigenvalue weighted by molar-refractivity contribution is 14.1. The molecule has 0 heterocycles. The summed E-state index contributed by atoms with van der Waals surface area (Å²) in [7, 11) is 0. The van der Waals surface area contributed by atoms with Gasteiger partial charge in [-0.25, -0.2) is 0 Å². The number of nitrogens with one attached hydrogen (secondary N) is 1. The Bertz CT molecular complexity index is 53.6. The van der Waals surface area contributed by atoms with Crippen LogP contribution in [0.3, 0.4) is 0 Å². The third-order valence-electron chi connectivity index (χ3n) is 1.22. The second-order valence-corrected chi connectivity index (χ2v) is 3.27. The molecule has 0 aliphatic heterocycles. The summed E-state index contributed by atoms with van der Waals surface area (Å²) in [6.45, 7) is 1.88. The summed E-state index contributed by atoms with van der Waals surface area (Å²) in [5.41, 5.74) is 0. The average molecular weight is 259 g/mol. The molecule has 0 fully saturated rings. The van der Waals surface area contributed by atoms with Gasteiger partial charge in [0.15, 0.2) is 0 Å².